The minimum atomic E-state index is -4.83. The van der Waals surface area contributed by atoms with Gasteiger partial charge in [0.05, 0.1) is 16.1 Å². The van der Waals surface area contributed by atoms with Crippen LogP contribution >= 0.6 is 11.5 Å². The van der Waals surface area contributed by atoms with Crippen LogP contribution in [0.25, 0.3) is 27.0 Å². The molecule has 10 heteroatoms. The lowest BCUT2D eigenvalue weighted by atomic mass is 10.0. The smallest absolute Gasteiger partial charge is 0.431 e. The van der Waals surface area contributed by atoms with Crippen molar-refractivity contribution in [3.05, 3.63) is 87.2 Å². The molecule has 6 nitrogen and oxygen atoms in total. The molecule has 2 aromatic heterocycles. The van der Waals surface area contributed by atoms with Crippen LogP contribution in [-0.2, 0) is 13.2 Å². The van der Waals surface area contributed by atoms with E-state index in [1.165, 1.54) is 17.6 Å². The monoisotopic (exact) mass is 473 g/mol. The summed E-state index contributed by atoms with van der Waals surface area (Å²) in [5.41, 5.74) is -1.06. The Hall–Kier alpha value is -3.66. The van der Waals surface area contributed by atoms with Gasteiger partial charge in [-0.1, -0.05) is 24.3 Å². The van der Waals surface area contributed by atoms with Gasteiger partial charge in [0.1, 0.15) is 18.1 Å². The first-order valence-electron chi connectivity index (χ1n) is 9.76. The van der Waals surface area contributed by atoms with E-state index in [2.05, 4.69) is 11.0 Å². The second-order valence-corrected chi connectivity index (χ2v) is 8.16. The number of aromatic nitrogens is 3. The maximum Gasteiger partial charge on any atom is 0.431 e. The summed E-state index contributed by atoms with van der Waals surface area (Å²) in [7, 11) is 0.979. The van der Waals surface area contributed by atoms with Crippen LogP contribution in [0.15, 0.2) is 64.7 Å². The van der Waals surface area contributed by atoms with E-state index in [4.69, 9.17) is 4.74 Å². The first kappa shape index (κ1) is 22.5. The molecule has 170 valence electrons. The third-order valence-electron chi connectivity index (χ3n) is 5.07. The van der Waals surface area contributed by atoms with Crippen LogP contribution in [-0.4, -0.2) is 20.1 Å². The summed E-state index contributed by atoms with van der Waals surface area (Å²) >= 11 is 1.22. The van der Waals surface area contributed by atoms with Crippen LogP contribution in [0.3, 0.4) is 0 Å². The van der Waals surface area contributed by atoms with Crippen molar-refractivity contribution in [3.63, 3.8) is 0 Å². The van der Waals surface area contributed by atoms with E-state index in [0.717, 1.165) is 17.3 Å². The number of ether oxygens (including phenoxy) is 1. The van der Waals surface area contributed by atoms with Crippen LogP contribution < -0.4 is 16.0 Å². The molecule has 2 aromatic carbocycles. The third-order valence-corrected chi connectivity index (χ3v) is 5.90. The summed E-state index contributed by atoms with van der Waals surface area (Å²) in [4.78, 5) is 25.2. The van der Waals surface area contributed by atoms with Crippen molar-refractivity contribution in [2.24, 2.45) is 7.05 Å². The number of nitrogens with zero attached hydrogens (tertiary/aromatic N) is 3. The molecule has 0 atom stereocenters. The molecule has 4 aromatic rings. The predicted octanol–water partition coefficient (Wildman–Crippen LogP) is 4.70. The first-order valence-corrected chi connectivity index (χ1v) is 10.5. The van der Waals surface area contributed by atoms with Gasteiger partial charge in [-0.3, -0.25) is 9.36 Å². The first-order chi connectivity index (χ1) is 15.6. The van der Waals surface area contributed by atoms with Gasteiger partial charge in [0.2, 0.25) is 0 Å². The second-order valence-electron chi connectivity index (χ2n) is 7.35. The Morgan fingerprint density at radius 2 is 1.91 bits per heavy atom. The van der Waals surface area contributed by atoms with E-state index >= 15 is 0 Å². The third kappa shape index (κ3) is 4.09. The highest BCUT2D eigenvalue weighted by Gasteiger charge is 2.35. The zero-order chi connectivity index (χ0) is 23.9. The van der Waals surface area contributed by atoms with E-state index in [0.29, 0.717) is 44.2 Å². The molecule has 2 heterocycles. The molecule has 0 spiro atoms. The number of benzene rings is 2. The molecule has 0 aliphatic rings. The standard InChI is InChI=1S/C23H18F3N3O3S/c1-4-9-32-17-7-5-13(2)10-15(17)21-16-11-14(6-8-18(16)33-27-21)29-20(30)12-19(23(24,25)26)28(3)22(29)31/h4-8,10-12H,1,9H2,2-3H3. The van der Waals surface area contributed by atoms with Gasteiger partial charge in [0.15, 0.2) is 0 Å². The average molecular weight is 473 g/mol. The van der Waals surface area contributed by atoms with Gasteiger partial charge in [0, 0.05) is 24.1 Å². The lowest BCUT2D eigenvalue weighted by Crippen LogP contribution is -2.40. The Bertz CT molecular complexity index is 1500. The molecule has 0 aliphatic carbocycles. The van der Waals surface area contributed by atoms with E-state index in [1.807, 2.05) is 25.1 Å². The highest BCUT2D eigenvalue weighted by Crippen LogP contribution is 2.37. The maximum absolute atomic E-state index is 13.2. The number of alkyl halides is 3. The lowest BCUT2D eigenvalue weighted by molar-refractivity contribution is -0.144. The highest BCUT2D eigenvalue weighted by atomic mass is 32.1. The minimum Gasteiger partial charge on any atom is -0.489 e. The van der Waals surface area contributed by atoms with Crippen LogP contribution in [0, 0.1) is 6.92 Å². The fourth-order valence-electron chi connectivity index (χ4n) is 3.50. The van der Waals surface area contributed by atoms with Crippen LogP contribution in [0.2, 0.25) is 0 Å². The summed E-state index contributed by atoms with van der Waals surface area (Å²) in [5, 5.41) is 0.639. The molecule has 33 heavy (non-hydrogen) atoms. The summed E-state index contributed by atoms with van der Waals surface area (Å²) in [5.74, 6) is 0.584. The number of rotatable bonds is 5. The largest absolute Gasteiger partial charge is 0.489 e. The zero-order valence-corrected chi connectivity index (χ0v) is 18.5. The Morgan fingerprint density at radius 3 is 2.61 bits per heavy atom. The Labute approximate surface area is 190 Å². The normalized spacial score (nSPS) is 11.7. The fourth-order valence-corrected chi connectivity index (χ4v) is 4.27. The van der Waals surface area contributed by atoms with Crippen LogP contribution in [0.5, 0.6) is 5.75 Å². The topological polar surface area (TPSA) is 66.1 Å². The quantitative estimate of drug-likeness (QED) is 0.394. The molecule has 0 radical (unpaired) electrons. The molecule has 0 amide bonds. The SMILES string of the molecule is C=CCOc1ccc(C)cc1-c1nsc2ccc(-n3c(=O)cc(C(F)(F)F)n(C)c3=O)cc12. The van der Waals surface area contributed by atoms with Gasteiger partial charge in [-0.2, -0.15) is 17.5 Å². The van der Waals surface area contributed by atoms with Crippen LogP contribution in [0.1, 0.15) is 11.3 Å². The Morgan fingerprint density at radius 1 is 1.15 bits per heavy atom. The van der Waals surface area contributed by atoms with Gasteiger partial charge in [-0.05, 0) is 48.8 Å². The fraction of sp³-hybridized carbons (Fsp3) is 0.174. The molecule has 0 aliphatic heterocycles. The average Bonchev–Trinajstić information content (AvgIpc) is 3.18. The van der Waals surface area contributed by atoms with Gasteiger partial charge < -0.3 is 4.74 Å². The summed E-state index contributed by atoms with van der Waals surface area (Å²) in [6, 6.07) is 10.8. The van der Waals surface area contributed by atoms with Gasteiger partial charge >= 0.3 is 11.9 Å². The molecule has 4 rings (SSSR count). The predicted molar refractivity (Wildman–Crippen MR) is 121 cm³/mol. The van der Waals surface area contributed by atoms with Crippen molar-refractivity contribution in [3.8, 4) is 22.7 Å². The van der Waals surface area contributed by atoms with Crippen molar-refractivity contribution in [2.75, 3.05) is 6.61 Å². The minimum absolute atomic E-state index is 0.143. The van der Waals surface area contributed by atoms with Crippen molar-refractivity contribution in [2.45, 2.75) is 13.1 Å². The number of fused-ring (bicyclic) bond motifs is 1. The molecular weight excluding hydrogens is 455 g/mol. The molecular formula is C23H18F3N3O3S. The molecule has 0 saturated carbocycles. The number of hydrogen-bond acceptors (Lipinski definition) is 5. The Balaban J connectivity index is 1.93. The van der Waals surface area contributed by atoms with Crippen molar-refractivity contribution < 1.29 is 17.9 Å². The highest BCUT2D eigenvalue weighted by molar-refractivity contribution is 7.13. The number of aryl methyl sites for hydroxylation is 1. The molecule has 0 fully saturated rings. The van der Waals surface area contributed by atoms with E-state index in [9.17, 15) is 22.8 Å². The maximum atomic E-state index is 13.2. The summed E-state index contributed by atoms with van der Waals surface area (Å²) in [6.45, 7) is 5.87. The van der Waals surface area contributed by atoms with E-state index in [-0.39, 0.29) is 5.69 Å². The Kier molecular flexibility index (Phi) is 5.71. The van der Waals surface area contributed by atoms with E-state index in [1.54, 1.807) is 18.2 Å². The second kappa shape index (κ2) is 8.36. The number of halogens is 3. The molecule has 0 unspecified atom stereocenters. The molecule has 0 bridgehead atoms. The lowest BCUT2D eigenvalue weighted by Gasteiger charge is -2.14. The van der Waals surface area contributed by atoms with Gasteiger partial charge in [0.25, 0.3) is 5.56 Å². The van der Waals surface area contributed by atoms with E-state index < -0.39 is 23.1 Å². The molecule has 0 saturated heterocycles. The zero-order valence-electron chi connectivity index (χ0n) is 17.6. The van der Waals surface area contributed by atoms with Crippen molar-refractivity contribution in [1.29, 1.82) is 0 Å². The van der Waals surface area contributed by atoms with Gasteiger partial charge in [-0.25, -0.2) is 9.36 Å². The van der Waals surface area contributed by atoms with Gasteiger partial charge in [-0.15, -0.1) is 0 Å². The number of hydrogen-bond donors (Lipinski definition) is 0. The van der Waals surface area contributed by atoms with Crippen molar-refractivity contribution in [1.82, 2.24) is 13.5 Å². The van der Waals surface area contributed by atoms with Crippen LogP contribution in [0.4, 0.5) is 13.2 Å². The summed E-state index contributed by atoms with van der Waals surface area (Å²) in [6.07, 6.45) is -3.21. The summed E-state index contributed by atoms with van der Waals surface area (Å²) < 4.78 is 51.7. The molecule has 0 N–H and O–H groups in total. The van der Waals surface area contributed by atoms with Crippen molar-refractivity contribution >= 4 is 21.6 Å².